The van der Waals surface area contributed by atoms with Crippen LogP contribution >= 0.6 is 11.8 Å². The molecular formula is C18H13F4N3O3S2. The van der Waals surface area contributed by atoms with Crippen LogP contribution in [-0.2, 0) is 10.0 Å². The molecule has 1 unspecified atom stereocenters. The largest absolute Gasteiger partial charge is 0.298 e. The first-order chi connectivity index (χ1) is 14.1. The average Bonchev–Trinajstić information content (AvgIpc) is 2.68. The van der Waals surface area contributed by atoms with E-state index in [9.17, 15) is 30.8 Å². The van der Waals surface area contributed by atoms with E-state index in [1.54, 1.807) is 0 Å². The van der Waals surface area contributed by atoms with Crippen LogP contribution in [0.2, 0.25) is 0 Å². The van der Waals surface area contributed by atoms with Gasteiger partial charge in [-0.3, -0.25) is 4.79 Å². The molecule has 158 valence electrons. The van der Waals surface area contributed by atoms with Crippen LogP contribution in [0.4, 0.5) is 17.6 Å². The minimum absolute atomic E-state index is 0.0501. The van der Waals surface area contributed by atoms with E-state index in [1.807, 2.05) is 0 Å². The predicted molar refractivity (Wildman–Crippen MR) is 102 cm³/mol. The van der Waals surface area contributed by atoms with Crippen molar-refractivity contribution in [3.05, 3.63) is 69.8 Å². The third-order valence-electron chi connectivity index (χ3n) is 3.54. The molecule has 0 saturated heterocycles. The summed E-state index contributed by atoms with van der Waals surface area (Å²) in [7, 11) is -2.50. The molecule has 0 aliphatic rings. The maximum Gasteiger partial charge on any atom is 0.227 e. The van der Waals surface area contributed by atoms with Crippen molar-refractivity contribution in [1.82, 2.24) is 4.72 Å². The summed E-state index contributed by atoms with van der Waals surface area (Å²) < 4.78 is 76.5. The summed E-state index contributed by atoms with van der Waals surface area (Å²) in [6.45, 7) is 0. The number of carbonyl (C=O) groups is 1. The molecule has 0 fully saturated rings. The number of benzene rings is 2. The zero-order chi connectivity index (χ0) is 23.1. The van der Waals surface area contributed by atoms with Gasteiger partial charge in [0.15, 0.2) is 0 Å². The predicted octanol–water partition coefficient (Wildman–Crippen LogP) is 3.40. The van der Waals surface area contributed by atoms with Crippen LogP contribution in [0, 0.1) is 45.9 Å². The molecule has 1 atom stereocenters. The second-order valence-electron chi connectivity index (χ2n) is 5.38. The number of aldehydes is 1. The molecule has 0 aliphatic heterocycles. The minimum atomic E-state index is -3.72. The van der Waals surface area contributed by atoms with Crippen LogP contribution in [0.15, 0.2) is 24.3 Å². The van der Waals surface area contributed by atoms with E-state index in [2.05, 4.69) is 4.72 Å². The normalized spacial score (nSPS) is 11.5. The lowest BCUT2D eigenvalue weighted by Gasteiger charge is -2.15. The Morgan fingerprint density at radius 1 is 0.967 bits per heavy atom. The molecule has 0 bridgehead atoms. The van der Waals surface area contributed by atoms with Crippen molar-refractivity contribution in [2.75, 3.05) is 13.3 Å². The fourth-order valence-electron chi connectivity index (χ4n) is 2.15. The Balaban J connectivity index is 0.000000325. The summed E-state index contributed by atoms with van der Waals surface area (Å²) in [5, 5.41) is 16.8. The van der Waals surface area contributed by atoms with Crippen molar-refractivity contribution >= 4 is 28.1 Å². The van der Waals surface area contributed by atoms with Gasteiger partial charge < -0.3 is 0 Å². The lowest BCUT2D eigenvalue weighted by Crippen LogP contribution is -2.24. The average molecular weight is 459 g/mol. The van der Waals surface area contributed by atoms with Gasteiger partial charge in [-0.25, -0.2) is 30.7 Å². The molecule has 0 amide bonds. The molecule has 12 heteroatoms. The zero-order valence-corrected chi connectivity index (χ0v) is 17.0. The molecule has 0 aliphatic carbocycles. The molecule has 0 spiro atoms. The number of thioether (sulfide) groups is 1. The number of halogens is 4. The second kappa shape index (κ2) is 10.7. The summed E-state index contributed by atoms with van der Waals surface area (Å²) in [5.41, 5.74) is -1.56. The Hall–Kier alpha value is -2.93. The van der Waals surface area contributed by atoms with E-state index in [4.69, 9.17) is 10.5 Å². The van der Waals surface area contributed by atoms with Crippen molar-refractivity contribution in [2.24, 2.45) is 0 Å². The first kappa shape index (κ1) is 25.1. The lowest BCUT2D eigenvalue weighted by molar-refractivity contribution is 0.112. The molecule has 2 aromatic carbocycles. The monoisotopic (exact) mass is 459 g/mol. The lowest BCUT2D eigenvalue weighted by atomic mass is 10.1. The van der Waals surface area contributed by atoms with Crippen LogP contribution in [0.5, 0.6) is 0 Å². The molecule has 1 N–H and O–H groups in total. The van der Waals surface area contributed by atoms with Gasteiger partial charge in [-0.15, -0.1) is 11.8 Å². The Labute approximate surface area is 174 Å². The van der Waals surface area contributed by atoms with Gasteiger partial charge in [0, 0.05) is 5.56 Å². The van der Waals surface area contributed by atoms with Gasteiger partial charge in [0.05, 0.1) is 0 Å². The first-order valence-electron chi connectivity index (χ1n) is 7.74. The van der Waals surface area contributed by atoms with Crippen LogP contribution in [-0.4, -0.2) is 28.0 Å². The Morgan fingerprint density at radius 2 is 1.37 bits per heavy atom. The number of nitriles is 2. The van der Waals surface area contributed by atoms with E-state index in [1.165, 1.54) is 25.4 Å². The second-order valence-corrected chi connectivity index (χ2v) is 8.59. The van der Waals surface area contributed by atoms with Crippen molar-refractivity contribution in [3.8, 4) is 12.1 Å². The number of carbonyl (C=O) groups excluding carboxylic acids is 1. The highest BCUT2D eigenvalue weighted by Gasteiger charge is 2.27. The van der Waals surface area contributed by atoms with Crippen LogP contribution in [0.1, 0.15) is 31.6 Å². The third-order valence-corrected chi connectivity index (χ3v) is 6.98. The van der Waals surface area contributed by atoms with Crippen LogP contribution < -0.4 is 4.72 Å². The first-order valence-corrected chi connectivity index (χ1v) is 10.6. The topological polar surface area (TPSA) is 111 Å². The van der Waals surface area contributed by atoms with E-state index < -0.39 is 49.0 Å². The molecule has 2 rings (SSSR count). The summed E-state index contributed by atoms with van der Waals surface area (Å²) in [5.74, 6) is -4.17. The molecule has 0 aromatic heterocycles. The Bertz CT molecular complexity index is 1100. The Morgan fingerprint density at radius 3 is 1.67 bits per heavy atom. The highest BCUT2D eigenvalue weighted by atomic mass is 32.3. The van der Waals surface area contributed by atoms with Gasteiger partial charge in [-0.05, 0) is 43.1 Å². The molecule has 30 heavy (non-hydrogen) atoms. The van der Waals surface area contributed by atoms with E-state index in [0.29, 0.717) is 6.29 Å². The fraction of sp³-hybridized carbons (Fsp3) is 0.167. The van der Waals surface area contributed by atoms with E-state index in [-0.39, 0.29) is 11.1 Å². The Kier molecular flexibility index (Phi) is 8.98. The highest BCUT2D eigenvalue weighted by Crippen LogP contribution is 2.33. The number of nitrogens with zero attached hydrogens (tertiary/aromatic N) is 2. The standard InChI is InChI=1S/C10H10F2N2O2S2.C8H3F2NO/c1-14-18(15,16)10(17-2)6-3-8(11)7(5-13)9(12)4-6;9-7-1-5(4-12)2-8(10)6(7)3-11/h3-4,10,14H,1-2H3;1-2,4H. The van der Waals surface area contributed by atoms with Gasteiger partial charge >= 0.3 is 0 Å². The number of hydrogen-bond donors (Lipinski definition) is 1. The summed E-state index contributed by atoms with van der Waals surface area (Å²) >= 11 is 0.919. The summed E-state index contributed by atoms with van der Waals surface area (Å²) in [6.07, 6.45) is 1.82. The molecule has 0 heterocycles. The van der Waals surface area contributed by atoms with Crippen LogP contribution in [0.3, 0.4) is 0 Å². The number of nitrogens with one attached hydrogen (secondary N) is 1. The van der Waals surface area contributed by atoms with Gasteiger partial charge in [0.2, 0.25) is 10.0 Å². The number of hydrogen-bond acceptors (Lipinski definition) is 6. The summed E-state index contributed by atoms with van der Waals surface area (Å²) in [4.78, 5) is 10.1. The quantitative estimate of drug-likeness (QED) is 0.542. The number of sulfonamides is 1. The van der Waals surface area contributed by atoms with Crippen molar-refractivity contribution in [2.45, 2.75) is 4.58 Å². The third kappa shape index (κ3) is 5.79. The van der Waals surface area contributed by atoms with Crippen LogP contribution in [0.25, 0.3) is 0 Å². The SMILES string of the molecule is CNS(=O)(=O)C(SC)c1cc(F)c(C#N)c(F)c1.N#Cc1c(F)cc(C=O)cc1F. The van der Waals surface area contributed by atoms with Gasteiger partial charge in [-0.2, -0.15) is 10.5 Å². The minimum Gasteiger partial charge on any atom is -0.298 e. The summed E-state index contributed by atoms with van der Waals surface area (Å²) in [6, 6.07) is 6.07. The molecule has 2 aromatic rings. The van der Waals surface area contributed by atoms with Crippen molar-refractivity contribution < 1.29 is 30.8 Å². The molecular weight excluding hydrogens is 446 g/mol. The van der Waals surface area contributed by atoms with Crippen molar-refractivity contribution in [1.29, 1.82) is 10.5 Å². The van der Waals surface area contributed by atoms with Crippen molar-refractivity contribution in [3.63, 3.8) is 0 Å². The van der Waals surface area contributed by atoms with Gasteiger partial charge in [-0.1, -0.05) is 0 Å². The molecule has 0 saturated carbocycles. The van der Waals surface area contributed by atoms with E-state index >= 15 is 0 Å². The van der Waals surface area contributed by atoms with Gasteiger partial charge in [0.25, 0.3) is 0 Å². The smallest absolute Gasteiger partial charge is 0.227 e. The number of rotatable bonds is 5. The molecule has 6 nitrogen and oxygen atoms in total. The zero-order valence-electron chi connectivity index (χ0n) is 15.4. The molecule has 0 radical (unpaired) electrons. The maximum absolute atomic E-state index is 13.4. The van der Waals surface area contributed by atoms with Gasteiger partial charge in [0.1, 0.15) is 57.4 Å². The fourth-order valence-corrected chi connectivity index (χ4v) is 4.57. The maximum atomic E-state index is 13.4. The highest BCUT2D eigenvalue weighted by molar-refractivity contribution is 8.11. The van der Waals surface area contributed by atoms with E-state index in [0.717, 1.165) is 36.0 Å².